The molecule has 0 spiro atoms. The zero-order valence-electron chi connectivity index (χ0n) is 13.2. The number of carbonyl (C=O) groups is 2. The Balaban J connectivity index is 1.34. The largest absolute Gasteiger partial charge is 0.299 e. The van der Waals surface area contributed by atoms with Crippen LogP contribution in [0.3, 0.4) is 0 Å². The van der Waals surface area contributed by atoms with Gasteiger partial charge in [-0.2, -0.15) is 0 Å². The maximum atomic E-state index is 12.4. The molecule has 0 amide bonds. The van der Waals surface area contributed by atoms with E-state index in [4.69, 9.17) is 0 Å². The van der Waals surface area contributed by atoms with Crippen LogP contribution in [0.1, 0.15) is 51.4 Å². The average molecular weight is 298 g/mol. The van der Waals surface area contributed by atoms with Crippen LogP contribution in [-0.2, 0) is 9.59 Å². The van der Waals surface area contributed by atoms with Gasteiger partial charge in [0.05, 0.1) is 0 Å². The van der Waals surface area contributed by atoms with Gasteiger partial charge in [-0.05, 0) is 85.9 Å². The van der Waals surface area contributed by atoms with Gasteiger partial charge >= 0.3 is 0 Å². The van der Waals surface area contributed by atoms with Gasteiger partial charge < -0.3 is 0 Å². The van der Waals surface area contributed by atoms with Gasteiger partial charge in [-0.15, -0.1) is 0 Å². The molecule has 0 aromatic carbocycles. The molecule has 22 heavy (non-hydrogen) atoms. The van der Waals surface area contributed by atoms with E-state index in [1.807, 2.05) is 0 Å². The third-order valence-electron chi connectivity index (χ3n) is 9.10. The molecule has 6 aliphatic carbocycles. The molecule has 118 valence electrons. The lowest BCUT2D eigenvalue weighted by Gasteiger charge is -2.26. The number of carbonyl (C=O) groups excluding carboxylic acids is 2. The zero-order chi connectivity index (χ0) is 14.6. The van der Waals surface area contributed by atoms with Crippen molar-refractivity contribution in [3.63, 3.8) is 0 Å². The maximum absolute atomic E-state index is 12.4. The normalized spacial score (nSPS) is 61.3. The molecule has 0 bridgehead atoms. The molecule has 0 N–H and O–H groups in total. The highest BCUT2D eigenvalue weighted by molar-refractivity contribution is 5.85. The van der Waals surface area contributed by atoms with Crippen molar-refractivity contribution >= 4 is 11.6 Å². The van der Waals surface area contributed by atoms with E-state index in [1.54, 1.807) is 0 Å². The molecule has 2 nitrogen and oxygen atoms in total. The Morgan fingerprint density at radius 2 is 1.05 bits per heavy atom. The predicted molar refractivity (Wildman–Crippen MR) is 81.9 cm³/mol. The molecule has 6 aliphatic rings. The van der Waals surface area contributed by atoms with Crippen molar-refractivity contribution in [3.8, 4) is 0 Å². The highest BCUT2D eigenvalue weighted by atomic mass is 16.1. The summed E-state index contributed by atoms with van der Waals surface area (Å²) < 4.78 is 0. The smallest absolute Gasteiger partial charge is 0.136 e. The molecule has 10 atom stereocenters. The van der Waals surface area contributed by atoms with E-state index in [-0.39, 0.29) is 0 Å². The summed E-state index contributed by atoms with van der Waals surface area (Å²) in [4.78, 5) is 24.8. The molecule has 0 radical (unpaired) electrons. The van der Waals surface area contributed by atoms with Crippen molar-refractivity contribution in [2.24, 2.45) is 59.2 Å². The van der Waals surface area contributed by atoms with Gasteiger partial charge in [0.25, 0.3) is 0 Å². The Kier molecular flexibility index (Phi) is 2.34. The van der Waals surface area contributed by atoms with E-state index in [0.29, 0.717) is 23.4 Å². The Morgan fingerprint density at radius 1 is 0.591 bits per heavy atom. The molecule has 0 aliphatic heterocycles. The first-order chi connectivity index (χ1) is 10.7. The van der Waals surface area contributed by atoms with Gasteiger partial charge in [0.1, 0.15) is 11.6 Å². The summed E-state index contributed by atoms with van der Waals surface area (Å²) in [6, 6.07) is 0. The fourth-order valence-electron chi connectivity index (χ4n) is 8.81. The SMILES string of the molecule is O=C1CCC2CC3CC4C(CC5CC6CCC(=O)C6C54)C3C12. The van der Waals surface area contributed by atoms with Gasteiger partial charge in [0.2, 0.25) is 0 Å². The topological polar surface area (TPSA) is 34.1 Å². The van der Waals surface area contributed by atoms with E-state index in [0.717, 1.165) is 60.2 Å². The van der Waals surface area contributed by atoms with Crippen LogP contribution in [0.25, 0.3) is 0 Å². The van der Waals surface area contributed by atoms with Crippen LogP contribution < -0.4 is 0 Å². The second-order valence-electron chi connectivity index (χ2n) is 9.53. The summed E-state index contributed by atoms with van der Waals surface area (Å²) in [5, 5.41) is 0. The molecule has 10 unspecified atom stereocenters. The monoisotopic (exact) mass is 298 g/mol. The molecule has 0 aromatic heterocycles. The highest BCUT2D eigenvalue weighted by Crippen LogP contribution is 2.70. The molecular formula is C20H26O2. The molecule has 6 saturated carbocycles. The first kappa shape index (κ1) is 12.7. The molecular weight excluding hydrogens is 272 g/mol. The fourth-order valence-corrected chi connectivity index (χ4v) is 8.81. The lowest BCUT2D eigenvalue weighted by atomic mass is 9.77. The first-order valence-corrected chi connectivity index (χ1v) is 9.78. The van der Waals surface area contributed by atoms with E-state index in [1.165, 1.54) is 38.5 Å². The number of rotatable bonds is 0. The van der Waals surface area contributed by atoms with Crippen LogP contribution in [0.5, 0.6) is 0 Å². The van der Waals surface area contributed by atoms with Crippen LogP contribution >= 0.6 is 0 Å². The average Bonchev–Trinajstić information content (AvgIpc) is 3.22. The fraction of sp³-hybridized carbons (Fsp3) is 0.900. The summed E-state index contributed by atoms with van der Waals surface area (Å²) >= 11 is 0. The van der Waals surface area contributed by atoms with E-state index >= 15 is 0 Å². The minimum atomic E-state index is 0.439. The van der Waals surface area contributed by atoms with E-state index in [2.05, 4.69) is 0 Å². The van der Waals surface area contributed by atoms with Crippen molar-refractivity contribution < 1.29 is 9.59 Å². The number of hydrogen-bond acceptors (Lipinski definition) is 2. The van der Waals surface area contributed by atoms with Gasteiger partial charge in [-0.1, -0.05) is 0 Å². The van der Waals surface area contributed by atoms with Gasteiger partial charge in [-0.3, -0.25) is 9.59 Å². The minimum absolute atomic E-state index is 0.439. The van der Waals surface area contributed by atoms with Crippen LogP contribution in [0, 0.1) is 59.2 Å². The van der Waals surface area contributed by atoms with Crippen molar-refractivity contribution in [3.05, 3.63) is 0 Å². The maximum Gasteiger partial charge on any atom is 0.136 e. The quantitative estimate of drug-likeness (QED) is 0.686. The molecule has 6 fully saturated rings. The number of ketones is 2. The predicted octanol–water partition coefficient (Wildman–Crippen LogP) is 3.49. The van der Waals surface area contributed by atoms with Gasteiger partial charge in [0, 0.05) is 24.7 Å². The first-order valence-electron chi connectivity index (χ1n) is 9.78. The molecule has 0 heterocycles. The van der Waals surface area contributed by atoms with Crippen LogP contribution in [0.2, 0.25) is 0 Å². The summed E-state index contributed by atoms with van der Waals surface area (Å²) in [5.41, 5.74) is 0. The third kappa shape index (κ3) is 1.35. The van der Waals surface area contributed by atoms with Crippen molar-refractivity contribution in [2.45, 2.75) is 51.4 Å². The Labute approximate surface area is 132 Å². The van der Waals surface area contributed by atoms with Gasteiger partial charge in [0.15, 0.2) is 0 Å². The summed E-state index contributed by atoms with van der Waals surface area (Å²) in [6.07, 6.45) is 9.52. The molecule has 6 rings (SSSR count). The van der Waals surface area contributed by atoms with Crippen molar-refractivity contribution in [1.82, 2.24) is 0 Å². The number of fused-ring (bicyclic) bond motifs is 9. The molecule has 2 heteroatoms. The second kappa shape index (κ2) is 4.05. The Bertz CT molecular complexity index is 516. The molecule has 0 aromatic rings. The van der Waals surface area contributed by atoms with Gasteiger partial charge in [-0.25, -0.2) is 0 Å². The van der Waals surface area contributed by atoms with Crippen molar-refractivity contribution in [1.29, 1.82) is 0 Å². The summed E-state index contributed by atoms with van der Waals surface area (Å²) in [7, 11) is 0. The minimum Gasteiger partial charge on any atom is -0.299 e. The van der Waals surface area contributed by atoms with Crippen LogP contribution in [-0.4, -0.2) is 11.6 Å². The third-order valence-corrected chi connectivity index (χ3v) is 9.10. The van der Waals surface area contributed by atoms with Crippen LogP contribution in [0.15, 0.2) is 0 Å². The molecule has 0 saturated heterocycles. The zero-order valence-corrected chi connectivity index (χ0v) is 13.2. The standard InChI is InChI=1S/C20H26O2/c21-15-3-1-9-5-11-7-14-13(17(11)19(9)15)8-12-6-10-2-4-16(22)20(10)18(12)14/h9-14,17-20H,1-8H2. The second-order valence-corrected chi connectivity index (χ2v) is 9.53. The summed E-state index contributed by atoms with van der Waals surface area (Å²) in [6.45, 7) is 0. The lowest BCUT2D eigenvalue weighted by Crippen LogP contribution is -2.27. The highest BCUT2D eigenvalue weighted by Gasteiger charge is 2.65. The van der Waals surface area contributed by atoms with E-state index in [9.17, 15) is 9.59 Å². The van der Waals surface area contributed by atoms with Crippen molar-refractivity contribution in [2.75, 3.05) is 0 Å². The number of Topliss-reactive ketones (excluding diaryl/α,β-unsaturated/α-hetero) is 2. The number of hydrogen-bond donors (Lipinski definition) is 0. The van der Waals surface area contributed by atoms with Crippen LogP contribution in [0.4, 0.5) is 0 Å². The Morgan fingerprint density at radius 3 is 1.50 bits per heavy atom. The summed E-state index contributed by atoms with van der Waals surface area (Å²) in [5.74, 6) is 8.32. The Hall–Kier alpha value is -0.660. The van der Waals surface area contributed by atoms with E-state index < -0.39 is 0 Å². The lowest BCUT2D eigenvalue weighted by molar-refractivity contribution is -0.124.